The molecule has 0 saturated carbocycles. The van der Waals surface area contributed by atoms with Crippen molar-refractivity contribution in [2.45, 2.75) is 65.1 Å². The molecule has 1 amide bonds. The Morgan fingerprint density at radius 1 is 1.25 bits per heavy atom. The van der Waals surface area contributed by atoms with Crippen molar-refractivity contribution in [2.24, 2.45) is 0 Å². The summed E-state index contributed by atoms with van der Waals surface area (Å²) < 4.78 is 47.8. The first-order chi connectivity index (χ1) is 15.2. The summed E-state index contributed by atoms with van der Waals surface area (Å²) in [6.45, 7) is 7.18. The molecule has 1 fully saturated rings. The third kappa shape index (κ3) is 4.35. The van der Waals surface area contributed by atoms with Gasteiger partial charge in [0.1, 0.15) is 0 Å². The molecular formula is C22H26F3N5O2. The highest BCUT2D eigenvalue weighted by molar-refractivity contribution is 5.82. The molecule has 3 aromatic rings. The zero-order valence-corrected chi connectivity index (χ0v) is 18.4. The summed E-state index contributed by atoms with van der Waals surface area (Å²) in [5.41, 5.74) is 1.65. The Morgan fingerprint density at radius 2 is 1.97 bits per heavy atom. The molecule has 0 aromatic carbocycles. The Kier molecular flexibility index (Phi) is 5.96. The average molecular weight is 449 g/mol. The van der Waals surface area contributed by atoms with Crippen molar-refractivity contribution < 1.29 is 22.5 Å². The van der Waals surface area contributed by atoms with Gasteiger partial charge in [-0.15, -0.1) is 0 Å². The summed E-state index contributed by atoms with van der Waals surface area (Å²) in [6, 6.07) is 1.03. The van der Waals surface area contributed by atoms with Gasteiger partial charge in [-0.2, -0.15) is 18.3 Å². The molecule has 1 saturated heterocycles. The Labute approximate surface area is 183 Å². The molecule has 32 heavy (non-hydrogen) atoms. The summed E-state index contributed by atoms with van der Waals surface area (Å²) in [5, 5.41) is 8.29. The lowest BCUT2D eigenvalue weighted by atomic mass is 9.90. The lowest BCUT2D eigenvalue weighted by Gasteiger charge is -2.31. The number of rotatable bonds is 5. The average Bonchev–Trinajstić information content (AvgIpc) is 3.33. The first kappa shape index (κ1) is 22.3. The smallest absolute Gasteiger partial charge is 0.343 e. The molecule has 0 N–H and O–H groups in total. The summed E-state index contributed by atoms with van der Waals surface area (Å²) in [4.78, 5) is 18.6. The highest BCUT2D eigenvalue weighted by Crippen LogP contribution is 2.40. The number of hydrogen-bond donors (Lipinski definition) is 0. The molecule has 0 spiro atoms. The molecule has 3 aromatic heterocycles. The summed E-state index contributed by atoms with van der Waals surface area (Å²) in [7, 11) is 0. The molecular weight excluding hydrogens is 423 g/mol. The van der Waals surface area contributed by atoms with Gasteiger partial charge in [0.15, 0.2) is 0 Å². The molecule has 0 radical (unpaired) electrons. The van der Waals surface area contributed by atoms with Crippen molar-refractivity contribution in [1.82, 2.24) is 24.8 Å². The SMILES string of the molecule is CCn1cc(CCC(=O)N2CCC(c3noc4nc(C)cc(C(F)(F)F)c34)CC2)c(C)n1. The molecule has 0 unspecified atom stereocenters. The van der Waals surface area contributed by atoms with E-state index in [0.717, 1.165) is 23.9 Å². The van der Waals surface area contributed by atoms with Crippen molar-refractivity contribution in [1.29, 1.82) is 0 Å². The second-order valence-corrected chi connectivity index (χ2v) is 8.31. The number of hydrogen-bond acceptors (Lipinski definition) is 5. The fraction of sp³-hybridized carbons (Fsp3) is 0.545. The topological polar surface area (TPSA) is 77.0 Å². The van der Waals surface area contributed by atoms with E-state index in [4.69, 9.17) is 4.52 Å². The van der Waals surface area contributed by atoms with E-state index in [1.807, 2.05) is 24.7 Å². The number of aromatic nitrogens is 4. The lowest BCUT2D eigenvalue weighted by molar-refractivity contribution is -0.136. The largest absolute Gasteiger partial charge is 0.417 e. The quantitative estimate of drug-likeness (QED) is 0.577. The van der Waals surface area contributed by atoms with Crippen LogP contribution in [0.1, 0.15) is 60.3 Å². The lowest BCUT2D eigenvalue weighted by Crippen LogP contribution is -2.38. The third-order valence-electron chi connectivity index (χ3n) is 6.12. The van der Waals surface area contributed by atoms with Gasteiger partial charge in [0.25, 0.3) is 5.71 Å². The summed E-state index contributed by atoms with van der Waals surface area (Å²) >= 11 is 0. The summed E-state index contributed by atoms with van der Waals surface area (Å²) in [6.07, 6.45) is -0.477. The molecule has 0 bridgehead atoms. The molecule has 1 aliphatic rings. The Bertz CT molecular complexity index is 1130. The number of pyridine rings is 1. The number of alkyl halides is 3. The first-order valence-corrected chi connectivity index (χ1v) is 10.8. The van der Waals surface area contributed by atoms with Gasteiger partial charge in [0.2, 0.25) is 5.91 Å². The minimum atomic E-state index is -4.52. The second-order valence-electron chi connectivity index (χ2n) is 8.31. The van der Waals surface area contributed by atoms with Gasteiger partial charge in [-0.05, 0) is 51.7 Å². The fourth-order valence-electron chi connectivity index (χ4n) is 4.37. The number of halogens is 3. The highest BCUT2D eigenvalue weighted by atomic mass is 19.4. The van der Waals surface area contributed by atoms with Crippen LogP contribution in [0, 0.1) is 13.8 Å². The van der Waals surface area contributed by atoms with Crippen LogP contribution in [0.3, 0.4) is 0 Å². The van der Waals surface area contributed by atoms with Gasteiger partial charge < -0.3 is 9.42 Å². The van der Waals surface area contributed by atoms with E-state index in [1.54, 1.807) is 4.90 Å². The number of aryl methyl sites for hydroxylation is 4. The fourth-order valence-corrected chi connectivity index (χ4v) is 4.37. The van der Waals surface area contributed by atoms with Gasteiger partial charge in [-0.1, -0.05) is 5.16 Å². The van der Waals surface area contributed by atoms with Gasteiger partial charge in [-0.3, -0.25) is 9.48 Å². The molecule has 1 aliphatic heterocycles. The van der Waals surface area contributed by atoms with Crippen LogP contribution >= 0.6 is 0 Å². The molecule has 172 valence electrons. The minimum absolute atomic E-state index is 0.0466. The van der Waals surface area contributed by atoms with Crippen LogP contribution in [0.15, 0.2) is 16.8 Å². The number of amides is 1. The number of piperidine rings is 1. The Balaban J connectivity index is 1.43. The Hall–Kier alpha value is -2.91. The number of nitrogens with zero attached hydrogens (tertiary/aromatic N) is 5. The number of carbonyl (C=O) groups excluding carboxylic acids is 1. The maximum Gasteiger partial charge on any atom is 0.417 e. The van der Waals surface area contributed by atoms with Crippen LogP contribution in [0.2, 0.25) is 0 Å². The molecule has 0 aliphatic carbocycles. The van der Waals surface area contributed by atoms with E-state index in [2.05, 4.69) is 15.2 Å². The van der Waals surface area contributed by atoms with Crippen molar-refractivity contribution in [3.05, 3.63) is 40.5 Å². The number of carbonyl (C=O) groups is 1. The number of likely N-dealkylation sites (tertiary alicyclic amines) is 1. The van der Waals surface area contributed by atoms with Crippen LogP contribution < -0.4 is 0 Å². The number of fused-ring (bicyclic) bond motifs is 1. The molecule has 10 heteroatoms. The maximum absolute atomic E-state index is 13.6. The zero-order chi connectivity index (χ0) is 23.0. The van der Waals surface area contributed by atoms with E-state index >= 15 is 0 Å². The van der Waals surface area contributed by atoms with Crippen LogP contribution in [-0.4, -0.2) is 43.8 Å². The molecule has 7 nitrogen and oxygen atoms in total. The van der Waals surface area contributed by atoms with E-state index in [0.29, 0.717) is 38.8 Å². The van der Waals surface area contributed by atoms with Crippen molar-refractivity contribution in [3.63, 3.8) is 0 Å². The van der Waals surface area contributed by atoms with Gasteiger partial charge in [-0.25, -0.2) is 4.98 Å². The van der Waals surface area contributed by atoms with Gasteiger partial charge in [0.05, 0.1) is 22.3 Å². The van der Waals surface area contributed by atoms with Gasteiger partial charge >= 0.3 is 6.18 Å². The van der Waals surface area contributed by atoms with Crippen LogP contribution in [-0.2, 0) is 23.9 Å². The normalized spacial score (nSPS) is 15.6. The van der Waals surface area contributed by atoms with Crippen LogP contribution in [0.5, 0.6) is 0 Å². The van der Waals surface area contributed by atoms with E-state index in [1.165, 1.54) is 6.92 Å². The molecule has 4 rings (SSSR count). The van der Waals surface area contributed by atoms with Gasteiger partial charge in [0, 0.05) is 43.9 Å². The predicted molar refractivity (Wildman–Crippen MR) is 111 cm³/mol. The zero-order valence-electron chi connectivity index (χ0n) is 18.4. The first-order valence-electron chi connectivity index (χ1n) is 10.8. The monoisotopic (exact) mass is 449 g/mol. The Morgan fingerprint density at radius 3 is 2.59 bits per heavy atom. The van der Waals surface area contributed by atoms with Crippen molar-refractivity contribution in [3.8, 4) is 0 Å². The maximum atomic E-state index is 13.6. The van der Waals surface area contributed by atoms with E-state index in [-0.39, 0.29) is 34.3 Å². The van der Waals surface area contributed by atoms with Crippen LogP contribution in [0.25, 0.3) is 11.1 Å². The van der Waals surface area contributed by atoms with E-state index < -0.39 is 11.7 Å². The van der Waals surface area contributed by atoms with Crippen molar-refractivity contribution in [2.75, 3.05) is 13.1 Å². The molecule has 0 atom stereocenters. The van der Waals surface area contributed by atoms with Crippen LogP contribution in [0.4, 0.5) is 13.2 Å². The predicted octanol–water partition coefficient (Wildman–Crippen LogP) is 4.41. The van der Waals surface area contributed by atoms with E-state index in [9.17, 15) is 18.0 Å². The minimum Gasteiger partial charge on any atom is -0.343 e. The molecule has 4 heterocycles. The standard InChI is InChI=1S/C22H26F3N5O2/c1-4-30-12-16(14(3)27-30)5-6-18(31)29-9-7-15(8-10-29)20-19-17(22(23,24)25)11-13(2)26-21(19)32-28-20/h11-12,15H,4-10H2,1-3H3. The second kappa shape index (κ2) is 8.55. The summed E-state index contributed by atoms with van der Waals surface area (Å²) in [5.74, 6) is -0.165. The van der Waals surface area contributed by atoms with Crippen molar-refractivity contribution >= 4 is 17.0 Å². The highest BCUT2D eigenvalue weighted by Gasteiger charge is 2.37. The third-order valence-corrected chi connectivity index (χ3v) is 6.12.